The average Bonchev–Trinajstić information content (AvgIpc) is 3.18. The molecule has 0 saturated heterocycles. The Bertz CT molecular complexity index is 895. The molecule has 0 bridgehead atoms. The van der Waals surface area contributed by atoms with Gasteiger partial charge in [0.2, 0.25) is 5.91 Å². The molecule has 0 spiro atoms. The fourth-order valence-electron chi connectivity index (χ4n) is 3.26. The molecule has 5 nitrogen and oxygen atoms in total. The minimum Gasteiger partial charge on any atom is -0.333 e. The summed E-state index contributed by atoms with van der Waals surface area (Å²) in [6.45, 7) is 6.31. The van der Waals surface area contributed by atoms with Gasteiger partial charge in [-0.05, 0) is 22.4 Å². The normalized spacial score (nSPS) is 14.4. The van der Waals surface area contributed by atoms with Crippen LogP contribution in [-0.4, -0.2) is 32.1 Å². The summed E-state index contributed by atoms with van der Waals surface area (Å²) >= 11 is 1.70. The van der Waals surface area contributed by atoms with Crippen LogP contribution in [0.1, 0.15) is 37.0 Å². The molecule has 1 aliphatic rings. The molecule has 0 atom stereocenters. The zero-order chi connectivity index (χ0) is 16.7. The maximum absolute atomic E-state index is 12.7. The molecular formula is C18H20N4OS. The number of hydrogen-bond acceptors (Lipinski definition) is 4. The van der Waals surface area contributed by atoms with Gasteiger partial charge in [-0.2, -0.15) is 0 Å². The van der Waals surface area contributed by atoms with Crippen LogP contribution in [0.15, 0.2) is 29.6 Å². The van der Waals surface area contributed by atoms with Crippen molar-refractivity contribution in [1.82, 2.24) is 19.7 Å². The van der Waals surface area contributed by atoms with Crippen molar-refractivity contribution < 1.29 is 4.79 Å². The third-order valence-corrected chi connectivity index (χ3v) is 5.57. The molecule has 0 radical (unpaired) electrons. The zero-order valence-electron chi connectivity index (χ0n) is 13.9. The average molecular weight is 340 g/mol. The fourth-order valence-corrected chi connectivity index (χ4v) is 4.23. The Morgan fingerprint density at radius 3 is 2.92 bits per heavy atom. The van der Waals surface area contributed by atoms with E-state index in [2.05, 4.69) is 46.1 Å². The van der Waals surface area contributed by atoms with Gasteiger partial charge in [0, 0.05) is 23.7 Å². The first-order chi connectivity index (χ1) is 11.6. The molecule has 2 aromatic heterocycles. The van der Waals surface area contributed by atoms with Gasteiger partial charge in [0.25, 0.3) is 0 Å². The molecule has 0 saturated carbocycles. The summed E-state index contributed by atoms with van der Waals surface area (Å²) in [6.07, 6.45) is 0.454. The number of thiophene rings is 1. The molecule has 3 heterocycles. The van der Waals surface area contributed by atoms with E-state index in [9.17, 15) is 4.79 Å². The van der Waals surface area contributed by atoms with Gasteiger partial charge in [-0.25, -0.2) is 0 Å². The van der Waals surface area contributed by atoms with Gasteiger partial charge in [0.05, 0.1) is 13.0 Å². The molecule has 124 valence electrons. The predicted octanol–water partition coefficient (Wildman–Crippen LogP) is 3.20. The number of fused-ring (bicyclic) bond motifs is 2. The second kappa shape index (κ2) is 6.02. The number of rotatable bonds is 3. The largest absolute Gasteiger partial charge is 0.333 e. The summed E-state index contributed by atoms with van der Waals surface area (Å²) in [5, 5.41) is 11.9. The van der Waals surface area contributed by atoms with Crippen molar-refractivity contribution >= 4 is 27.3 Å². The Morgan fingerprint density at radius 1 is 1.25 bits per heavy atom. The molecule has 1 aromatic carbocycles. The smallest absolute Gasteiger partial charge is 0.227 e. The molecule has 1 amide bonds. The number of carbonyl (C=O) groups excluding carboxylic acids is 1. The number of nitrogens with zero attached hydrogens (tertiary/aromatic N) is 4. The molecular weight excluding hydrogens is 320 g/mol. The number of carbonyl (C=O) groups is 1. The van der Waals surface area contributed by atoms with Crippen LogP contribution >= 0.6 is 11.3 Å². The molecule has 0 aliphatic carbocycles. The van der Waals surface area contributed by atoms with Gasteiger partial charge in [-0.15, -0.1) is 21.5 Å². The van der Waals surface area contributed by atoms with Crippen LogP contribution < -0.4 is 0 Å². The van der Waals surface area contributed by atoms with E-state index in [1.165, 1.54) is 10.1 Å². The highest BCUT2D eigenvalue weighted by atomic mass is 32.1. The van der Waals surface area contributed by atoms with Crippen molar-refractivity contribution in [1.29, 1.82) is 0 Å². The molecule has 6 heteroatoms. The van der Waals surface area contributed by atoms with E-state index >= 15 is 0 Å². The Kier molecular flexibility index (Phi) is 3.84. The molecule has 1 aliphatic heterocycles. The van der Waals surface area contributed by atoms with E-state index in [4.69, 9.17) is 0 Å². The zero-order valence-corrected chi connectivity index (χ0v) is 14.7. The minimum atomic E-state index is 0.166. The standard InChI is InChI=1S/C18H20N4OS/c1-12(2)18-20-19-16-10-21(7-8-22(16)18)17(23)9-13-11-24-15-6-4-3-5-14(13)15/h3-6,11-12H,7-10H2,1-2H3. The van der Waals surface area contributed by atoms with Crippen molar-refractivity contribution in [3.8, 4) is 0 Å². The summed E-state index contributed by atoms with van der Waals surface area (Å²) < 4.78 is 3.40. The first-order valence-electron chi connectivity index (χ1n) is 8.28. The maximum atomic E-state index is 12.7. The third-order valence-electron chi connectivity index (χ3n) is 4.55. The Labute approximate surface area is 144 Å². The molecule has 24 heavy (non-hydrogen) atoms. The van der Waals surface area contributed by atoms with E-state index in [1.54, 1.807) is 11.3 Å². The summed E-state index contributed by atoms with van der Waals surface area (Å²) in [7, 11) is 0. The summed E-state index contributed by atoms with van der Waals surface area (Å²) in [5.41, 5.74) is 1.12. The van der Waals surface area contributed by atoms with Crippen molar-refractivity contribution in [2.75, 3.05) is 6.54 Å². The van der Waals surface area contributed by atoms with Crippen LogP contribution in [0.2, 0.25) is 0 Å². The summed E-state index contributed by atoms with van der Waals surface area (Å²) in [4.78, 5) is 14.6. The van der Waals surface area contributed by atoms with Crippen molar-refractivity contribution in [2.45, 2.75) is 39.3 Å². The van der Waals surface area contributed by atoms with E-state index in [0.29, 0.717) is 18.9 Å². The van der Waals surface area contributed by atoms with Crippen LogP contribution in [0, 0.1) is 0 Å². The first-order valence-corrected chi connectivity index (χ1v) is 9.16. The number of benzene rings is 1. The SMILES string of the molecule is CC(C)c1nnc2n1CCN(C(=O)Cc1csc3ccccc13)C2. The van der Waals surface area contributed by atoms with Gasteiger partial charge >= 0.3 is 0 Å². The Morgan fingerprint density at radius 2 is 2.08 bits per heavy atom. The van der Waals surface area contributed by atoms with Crippen LogP contribution in [0.25, 0.3) is 10.1 Å². The molecule has 4 rings (SSSR count). The van der Waals surface area contributed by atoms with Gasteiger partial charge < -0.3 is 9.47 Å². The molecule has 0 N–H and O–H groups in total. The maximum Gasteiger partial charge on any atom is 0.227 e. The quantitative estimate of drug-likeness (QED) is 0.736. The lowest BCUT2D eigenvalue weighted by Crippen LogP contribution is -2.39. The summed E-state index contributed by atoms with van der Waals surface area (Å²) in [6, 6.07) is 8.26. The molecule has 0 fully saturated rings. The van der Waals surface area contributed by atoms with Crippen LogP contribution in [0.5, 0.6) is 0 Å². The van der Waals surface area contributed by atoms with Crippen molar-refractivity contribution in [2.24, 2.45) is 0 Å². The lowest BCUT2D eigenvalue weighted by Gasteiger charge is -2.28. The number of amides is 1. The lowest BCUT2D eigenvalue weighted by atomic mass is 10.1. The van der Waals surface area contributed by atoms with Gasteiger partial charge in [-0.3, -0.25) is 4.79 Å². The minimum absolute atomic E-state index is 0.166. The molecule has 0 unspecified atom stereocenters. The highest BCUT2D eigenvalue weighted by Crippen LogP contribution is 2.27. The number of hydrogen-bond donors (Lipinski definition) is 0. The molecule has 3 aromatic rings. The Hall–Kier alpha value is -2.21. The highest BCUT2D eigenvalue weighted by Gasteiger charge is 2.25. The first kappa shape index (κ1) is 15.3. The topological polar surface area (TPSA) is 51.0 Å². The monoisotopic (exact) mass is 340 g/mol. The predicted molar refractivity (Wildman–Crippen MR) is 95.1 cm³/mol. The fraction of sp³-hybridized carbons (Fsp3) is 0.389. The van der Waals surface area contributed by atoms with Crippen LogP contribution in [0.4, 0.5) is 0 Å². The van der Waals surface area contributed by atoms with E-state index in [0.717, 1.165) is 30.3 Å². The van der Waals surface area contributed by atoms with Gasteiger partial charge in [0.1, 0.15) is 5.82 Å². The van der Waals surface area contributed by atoms with E-state index in [1.807, 2.05) is 17.0 Å². The van der Waals surface area contributed by atoms with Crippen LogP contribution in [-0.2, 0) is 24.3 Å². The van der Waals surface area contributed by atoms with E-state index < -0.39 is 0 Å². The van der Waals surface area contributed by atoms with Gasteiger partial charge in [0.15, 0.2) is 5.82 Å². The highest BCUT2D eigenvalue weighted by molar-refractivity contribution is 7.17. The Balaban J connectivity index is 1.51. The van der Waals surface area contributed by atoms with E-state index in [-0.39, 0.29) is 5.91 Å². The third kappa shape index (κ3) is 2.60. The second-order valence-electron chi connectivity index (χ2n) is 6.53. The van der Waals surface area contributed by atoms with Gasteiger partial charge in [-0.1, -0.05) is 32.0 Å². The van der Waals surface area contributed by atoms with Crippen molar-refractivity contribution in [3.05, 3.63) is 46.9 Å². The summed E-state index contributed by atoms with van der Waals surface area (Å²) in [5.74, 6) is 2.43. The number of aromatic nitrogens is 3. The lowest BCUT2D eigenvalue weighted by molar-refractivity contribution is -0.132. The second-order valence-corrected chi connectivity index (χ2v) is 7.44. The van der Waals surface area contributed by atoms with Crippen LogP contribution in [0.3, 0.4) is 0 Å². The van der Waals surface area contributed by atoms with Crippen molar-refractivity contribution in [3.63, 3.8) is 0 Å².